The lowest BCUT2D eigenvalue weighted by atomic mass is 10.3. The lowest BCUT2D eigenvalue weighted by molar-refractivity contribution is 0.302. The van der Waals surface area contributed by atoms with Crippen molar-refractivity contribution in [2.45, 2.75) is 44.7 Å². The van der Waals surface area contributed by atoms with E-state index in [1.165, 1.54) is 0 Å². The van der Waals surface area contributed by atoms with Gasteiger partial charge in [0.15, 0.2) is 0 Å². The highest BCUT2D eigenvalue weighted by molar-refractivity contribution is 14.1. The van der Waals surface area contributed by atoms with Gasteiger partial charge in [0.2, 0.25) is 10.0 Å². The van der Waals surface area contributed by atoms with Gasteiger partial charge in [-0.15, -0.1) is 0 Å². The third-order valence-electron chi connectivity index (χ3n) is 2.43. The van der Waals surface area contributed by atoms with Crippen molar-refractivity contribution >= 4 is 55.2 Å². The van der Waals surface area contributed by atoms with Crippen LogP contribution in [0.2, 0.25) is 0 Å². The maximum Gasteiger partial charge on any atom is 0.243 e. The Morgan fingerprint density at radius 3 is 1.67 bits per heavy atom. The Kier molecular flexibility index (Phi) is 5.88. The Morgan fingerprint density at radius 2 is 1.33 bits per heavy atom. The summed E-state index contributed by atoms with van der Waals surface area (Å²) in [6, 6.07) is 5.29. The smallest absolute Gasteiger partial charge is 0.207 e. The van der Waals surface area contributed by atoms with Crippen molar-refractivity contribution < 1.29 is 8.42 Å². The van der Waals surface area contributed by atoms with Crippen molar-refractivity contribution in [3.63, 3.8) is 0 Å². The van der Waals surface area contributed by atoms with Gasteiger partial charge in [0.05, 0.1) is 4.90 Å². The van der Waals surface area contributed by atoms with Gasteiger partial charge in [0, 0.05) is 19.2 Å². The van der Waals surface area contributed by atoms with E-state index >= 15 is 0 Å². The summed E-state index contributed by atoms with van der Waals surface area (Å²) < 4.78 is 28.7. The van der Waals surface area contributed by atoms with Gasteiger partial charge in [0.1, 0.15) is 0 Å². The zero-order chi connectivity index (χ0) is 14.1. The molecule has 0 bridgehead atoms. The molecule has 3 nitrogen and oxygen atoms in total. The minimum atomic E-state index is -3.42. The van der Waals surface area contributed by atoms with Gasteiger partial charge in [-0.25, -0.2) is 8.42 Å². The van der Waals surface area contributed by atoms with Gasteiger partial charge in [-0.2, -0.15) is 4.31 Å². The van der Waals surface area contributed by atoms with Crippen LogP contribution in [0.25, 0.3) is 0 Å². The molecule has 0 aliphatic carbocycles. The maximum atomic E-state index is 12.6. The predicted octanol–water partition coefficient (Wildman–Crippen LogP) is 3.70. The summed E-state index contributed by atoms with van der Waals surface area (Å²) >= 11 is 4.28. The second kappa shape index (κ2) is 6.36. The van der Waals surface area contributed by atoms with Crippen LogP contribution in [0.1, 0.15) is 27.7 Å². The normalized spacial score (nSPS) is 12.7. The Labute approximate surface area is 137 Å². The Balaban J connectivity index is 3.35. The van der Waals surface area contributed by atoms with Gasteiger partial charge in [0.25, 0.3) is 0 Å². The summed E-state index contributed by atoms with van der Waals surface area (Å²) in [4.78, 5) is 0.376. The number of sulfonamides is 1. The highest BCUT2D eigenvalue weighted by Gasteiger charge is 2.29. The minimum absolute atomic E-state index is 0.0504. The molecule has 0 N–H and O–H groups in total. The van der Waals surface area contributed by atoms with Crippen LogP contribution in [0, 0.1) is 7.14 Å². The molecule has 1 rings (SSSR count). The number of rotatable bonds is 4. The summed E-state index contributed by atoms with van der Waals surface area (Å²) in [5.74, 6) is 0. The van der Waals surface area contributed by atoms with Gasteiger partial charge < -0.3 is 0 Å². The van der Waals surface area contributed by atoms with Crippen molar-refractivity contribution in [2.75, 3.05) is 0 Å². The topological polar surface area (TPSA) is 37.4 Å². The first-order chi connectivity index (χ1) is 8.16. The fourth-order valence-electron chi connectivity index (χ4n) is 1.95. The van der Waals surface area contributed by atoms with Gasteiger partial charge in [-0.1, -0.05) is 0 Å². The second-order valence-electron chi connectivity index (χ2n) is 4.63. The molecule has 0 aliphatic heterocycles. The van der Waals surface area contributed by atoms with E-state index in [-0.39, 0.29) is 12.1 Å². The van der Waals surface area contributed by atoms with E-state index in [9.17, 15) is 8.42 Å². The average molecular weight is 493 g/mol. The van der Waals surface area contributed by atoms with E-state index in [1.54, 1.807) is 16.4 Å². The molecule has 0 spiro atoms. The molecule has 0 radical (unpaired) electrons. The van der Waals surface area contributed by atoms with E-state index in [1.807, 2.05) is 33.8 Å². The molecule has 1 aromatic rings. The van der Waals surface area contributed by atoms with E-state index < -0.39 is 10.0 Å². The number of halogens is 2. The van der Waals surface area contributed by atoms with Crippen LogP contribution in [-0.4, -0.2) is 24.8 Å². The van der Waals surface area contributed by atoms with E-state index in [4.69, 9.17) is 0 Å². The van der Waals surface area contributed by atoms with E-state index in [0.717, 1.165) is 7.14 Å². The first-order valence-corrected chi connectivity index (χ1v) is 9.25. The zero-order valence-electron chi connectivity index (χ0n) is 10.8. The maximum absolute atomic E-state index is 12.6. The van der Waals surface area contributed by atoms with Crippen LogP contribution < -0.4 is 0 Å². The molecule has 0 heterocycles. The van der Waals surface area contributed by atoms with Crippen molar-refractivity contribution in [1.82, 2.24) is 4.31 Å². The average Bonchev–Trinajstić information content (AvgIpc) is 2.13. The van der Waals surface area contributed by atoms with Crippen molar-refractivity contribution in [2.24, 2.45) is 0 Å². The van der Waals surface area contributed by atoms with E-state index in [0.29, 0.717) is 4.90 Å². The first-order valence-electron chi connectivity index (χ1n) is 5.66. The van der Waals surface area contributed by atoms with Crippen LogP contribution in [0.3, 0.4) is 0 Å². The molecule has 0 unspecified atom stereocenters. The second-order valence-corrected chi connectivity index (χ2v) is 8.96. The third-order valence-corrected chi connectivity index (χ3v) is 5.90. The monoisotopic (exact) mass is 493 g/mol. The third kappa shape index (κ3) is 3.80. The predicted molar refractivity (Wildman–Crippen MR) is 91.2 cm³/mol. The fraction of sp³-hybridized carbons (Fsp3) is 0.500. The van der Waals surface area contributed by atoms with Gasteiger partial charge >= 0.3 is 0 Å². The van der Waals surface area contributed by atoms with Crippen LogP contribution >= 0.6 is 45.2 Å². The molecule has 0 fully saturated rings. The number of hydrogen-bond donors (Lipinski definition) is 0. The molecule has 18 heavy (non-hydrogen) atoms. The fourth-order valence-corrected chi connectivity index (χ4v) is 6.22. The Morgan fingerprint density at radius 1 is 0.944 bits per heavy atom. The highest BCUT2D eigenvalue weighted by atomic mass is 127. The SMILES string of the molecule is CC(C)N(C(C)C)S(=O)(=O)c1cc(I)cc(I)c1. The standard InChI is InChI=1S/C12H17I2NO2S/c1-8(2)15(9(3)4)18(16,17)12-6-10(13)5-11(14)7-12/h5-9H,1-4H3. The largest absolute Gasteiger partial charge is 0.243 e. The molecule has 1 aromatic carbocycles. The molecule has 0 amide bonds. The summed E-state index contributed by atoms with van der Waals surface area (Å²) in [5, 5.41) is 0. The summed E-state index contributed by atoms with van der Waals surface area (Å²) in [7, 11) is -3.42. The van der Waals surface area contributed by atoms with E-state index in [2.05, 4.69) is 45.2 Å². The van der Waals surface area contributed by atoms with Crippen molar-refractivity contribution in [1.29, 1.82) is 0 Å². The number of nitrogens with zero attached hydrogens (tertiary/aromatic N) is 1. The highest BCUT2D eigenvalue weighted by Crippen LogP contribution is 2.24. The molecule has 0 aliphatic rings. The van der Waals surface area contributed by atoms with Crippen LogP contribution in [0.5, 0.6) is 0 Å². The molecule has 0 saturated heterocycles. The molecule has 102 valence electrons. The minimum Gasteiger partial charge on any atom is -0.207 e. The molecule has 0 saturated carbocycles. The number of hydrogen-bond acceptors (Lipinski definition) is 2. The van der Waals surface area contributed by atoms with Crippen molar-refractivity contribution in [3.05, 3.63) is 25.3 Å². The number of benzene rings is 1. The van der Waals surface area contributed by atoms with Crippen LogP contribution in [0.15, 0.2) is 23.1 Å². The molecule has 0 atom stereocenters. The Bertz CT molecular complexity index is 499. The van der Waals surface area contributed by atoms with Gasteiger partial charge in [-0.3, -0.25) is 0 Å². The molecule has 0 aromatic heterocycles. The Hall–Kier alpha value is 0.590. The van der Waals surface area contributed by atoms with Gasteiger partial charge in [-0.05, 0) is 91.1 Å². The molecular formula is C12H17I2NO2S. The summed E-state index contributed by atoms with van der Waals surface area (Å²) in [6.45, 7) is 7.60. The van der Waals surface area contributed by atoms with Crippen LogP contribution in [-0.2, 0) is 10.0 Å². The van der Waals surface area contributed by atoms with Crippen molar-refractivity contribution in [3.8, 4) is 0 Å². The summed E-state index contributed by atoms with van der Waals surface area (Å²) in [6.07, 6.45) is 0. The lowest BCUT2D eigenvalue weighted by Crippen LogP contribution is -2.41. The molecular weight excluding hydrogens is 476 g/mol. The van der Waals surface area contributed by atoms with Crippen LogP contribution in [0.4, 0.5) is 0 Å². The summed E-state index contributed by atoms with van der Waals surface area (Å²) in [5.41, 5.74) is 0. The quantitative estimate of drug-likeness (QED) is 0.601. The molecule has 6 heteroatoms. The first kappa shape index (κ1) is 16.6. The lowest BCUT2D eigenvalue weighted by Gasteiger charge is -2.29. The zero-order valence-corrected chi connectivity index (χ0v) is 15.9.